The molecule has 0 atom stereocenters. The van der Waals surface area contributed by atoms with Crippen LogP contribution in [0.2, 0.25) is 5.02 Å². The molecule has 0 fully saturated rings. The Balaban J connectivity index is 2.59. The second-order valence-electron chi connectivity index (χ2n) is 3.23. The van der Waals surface area contributed by atoms with Crippen LogP contribution in [0.3, 0.4) is 0 Å². The number of halogens is 2. The molecular formula is C12H10ClFS. The van der Waals surface area contributed by atoms with E-state index in [0.717, 1.165) is 10.4 Å². The molecule has 15 heavy (non-hydrogen) atoms. The fourth-order valence-corrected chi connectivity index (χ4v) is 2.69. The summed E-state index contributed by atoms with van der Waals surface area (Å²) in [7, 11) is 0. The summed E-state index contributed by atoms with van der Waals surface area (Å²) in [5.41, 5.74) is 1.34. The van der Waals surface area contributed by atoms with Crippen molar-refractivity contribution < 1.29 is 4.39 Å². The summed E-state index contributed by atoms with van der Waals surface area (Å²) in [5.74, 6) is -0.149. The Hall–Kier alpha value is -0.860. The minimum absolute atomic E-state index is 0.149. The number of thiophene rings is 1. The molecule has 78 valence electrons. The first kappa shape index (κ1) is 10.7. The maximum atomic E-state index is 14.0. The minimum atomic E-state index is -0.149. The van der Waals surface area contributed by atoms with Crippen molar-refractivity contribution in [3.63, 3.8) is 0 Å². The molecule has 0 spiro atoms. The van der Waals surface area contributed by atoms with E-state index in [1.165, 1.54) is 11.3 Å². The molecule has 0 radical (unpaired) electrons. The zero-order valence-corrected chi connectivity index (χ0v) is 9.83. The predicted molar refractivity (Wildman–Crippen MR) is 64.1 cm³/mol. The molecule has 2 aromatic rings. The van der Waals surface area contributed by atoms with E-state index in [4.69, 9.17) is 11.6 Å². The quantitative estimate of drug-likeness (QED) is 0.709. The molecule has 0 bridgehead atoms. The average molecular weight is 241 g/mol. The Morgan fingerprint density at radius 1 is 1.33 bits per heavy atom. The highest BCUT2D eigenvalue weighted by atomic mass is 35.5. The van der Waals surface area contributed by atoms with Gasteiger partial charge in [-0.25, -0.2) is 4.39 Å². The van der Waals surface area contributed by atoms with Gasteiger partial charge in [-0.2, -0.15) is 0 Å². The molecule has 0 saturated heterocycles. The van der Waals surface area contributed by atoms with Crippen LogP contribution >= 0.6 is 22.9 Å². The van der Waals surface area contributed by atoms with Crippen molar-refractivity contribution in [3.05, 3.63) is 46.0 Å². The highest BCUT2D eigenvalue weighted by Gasteiger charge is 2.12. The number of aryl methyl sites for hydroxylation is 1. The highest BCUT2D eigenvalue weighted by Crippen LogP contribution is 2.35. The second kappa shape index (κ2) is 4.33. The summed E-state index contributed by atoms with van der Waals surface area (Å²) in [6.45, 7) is 1.94. The summed E-state index contributed by atoms with van der Waals surface area (Å²) in [6.07, 6.45) is 0.697. The van der Waals surface area contributed by atoms with Gasteiger partial charge in [0.15, 0.2) is 0 Å². The van der Waals surface area contributed by atoms with Gasteiger partial charge in [0.2, 0.25) is 0 Å². The normalized spacial score (nSPS) is 10.6. The van der Waals surface area contributed by atoms with Gasteiger partial charge >= 0.3 is 0 Å². The van der Waals surface area contributed by atoms with Gasteiger partial charge in [0.25, 0.3) is 0 Å². The summed E-state index contributed by atoms with van der Waals surface area (Å²) >= 11 is 7.45. The predicted octanol–water partition coefficient (Wildman–Crippen LogP) is 4.77. The van der Waals surface area contributed by atoms with Gasteiger partial charge in [-0.3, -0.25) is 0 Å². The zero-order chi connectivity index (χ0) is 10.8. The molecule has 1 aromatic heterocycles. The largest absolute Gasteiger partial charge is 0.206 e. The molecule has 0 saturated carbocycles. The Morgan fingerprint density at radius 3 is 2.73 bits per heavy atom. The van der Waals surface area contributed by atoms with Gasteiger partial charge in [-0.15, -0.1) is 11.3 Å². The average Bonchev–Trinajstić information content (AvgIpc) is 2.65. The molecule has 1 aromatic carbocycles. The fourth-order valence-electron chi connectivity index (χ4n) is 1.51. The maximum Gasteiger partial charge on any atom is 0.135 e. The summed E-state index contributed by atoms with van der Waals surface area (Å²) in [5, 5.41) is 2.49. The van der Waals surface area contributed by atoms with Crippen LogP contribution in [0.4, 0.5) is 4.39 Å². The molecule has 0 amide bonds. The van der Waals surface area contributed by atoms with E-state index in [1.807, 2.05) is 18.4 Å². The van der Waals surface area contributed by atoms with Gasteiger partial charge in [0, 0.05) is 5.56 Å². The molecule has 0 aliphatic rings. The van der Waals surface area contributed by atoms with E-state index in [1.54, 1.807) is 18.2 Å². The molecule has 0 aliphatic carbocycles. The highest BCUT2D eigenvalue weighted by molar-refractivity contribution is 7.14. The molecule has 3 heteroatoms. The SMILES string of the molecule is CCc1cccc(-c2sccc2Cl)c1F. The Morgan fingerprint density at radius 2 is 2.13 bits per heavy atom. The molecule has 0 N–H and O–H groups in total. The van der Waals surface area contributed by atoms with Crippen LogP contribution in [0.25, 0.3) is 10.4 Å². The molecule has 0 unspecified atom stereocenters. The number of hydrogen-bond acceptors (Lipinski definition) is 1. The lowest BCUT2D eigenvalue weighted by molar-refractivity contribution is 0.616. The third kappa shape index (κ3) is 1.92. The maximum absolute atomic E-state index is 14.0. The van der Waals surface area contributed by atoms with Crippen LogP contribution in [0.1, 0.15) is 12.5 Å². The third-order valence-electron chi connectivity index (χ3n) is 2.32. The number of benzene rings is 1. The smallest absolute Gasteiger partial charge is 0.135 e. The van der Waals surface area contributed by atoms with Gasteiger partial charge in [-0.05, 0) is 23.4 Å². The lowest BCUT2D eigenvalue weighted by atomic mass is 10.1. The number of hydrogen-bond donors (Lipinski definition) is 0. The van der Waals surface area contributed by atoms with E-state index in [-0.39, 0.29) is 5.82 Å². The first-order valence-electron chi connectivity index (χ1n) is 4.74. The molecule has 0 nitrogen and oxygen atoms in total. The van der Waals surface area contributed by atoms with Crippen molar-refractivity contribution in [2.75, 3.05) is 0 Å². The summed E-state index contributed by atoms with van der Waals surface area (Å²) < 4.78 is 14.0. The Kier molecular flexibility index (Phi) is 3.08. The number of rotatable bonds is 2. The standard InChI is InChI=1S/C12H10ClFS/c1-2-8-4-3-5-9(11(8)14)12-10(13)6-7-15-12/h3-7H,2H2,1H3. The Bertz CT molecular complexity index is 476. The van der Waals surface area contributed by atoms with Gasteiger partial charge in [0.1, 0.15) is 5.82 Å². The molecule has 1 heterocycles. The van der Waals surface area contributed by atoms with Gasteiger partial charge < -0.3 is 0 Å². The van der Waals surface area contributed by atoms with E-state index in [2.05, 4.69) is 0 Å². The van der Waals surface area contributed by atoms with Crippen LogP contribution in [-0.2, 0) is 6.42 Å². The van der Waals surface area contributed by atoms with Crippen LogP contribution in [0.15, 0.2) is 29.6 Å². The second-order valence-corrected chi connectivity index (χ2v) is 4.55. The van der Waals surface area contributed by atoms with Crippen LogP contribution in [0.5, 0.6) is 0 Å². The first-order valence-corrected chi connectivity index (χ1v) is 6.00. The van der Waals surface area contributed by atoms with Crippen LogP contribution in [-0.4, -0.2) is 0 Å². The monoisotopic (exact) mass is 240 g/mol. The summed E-state index contributed by atoms with van der Waals surface area (Å²) in [6, 6.07) is 7.24. The lowest BCUT2D eigenvalue weighted by Gasteiger charge is -2.05. The topological polar surface area (TPSA) is 0 Å². The lowest BCUT2D eigenvalue weighted by Crippen LogP contribution is -1.90. The van der Waals surface area contributed by atoms with Crippen molar-refractivity contribution in [2.45, 2.75) is 13.3 Å². The van der Waals surface area contributed by atoms with Crippen LogP contribution < -0.4 is 0 Å². The zero-order valence-electron chi connectivity index (χ0n) is 8.26. The van der Waals surface area contributed by atoms with Crippen molar-refractivity contribution in [2.24, 2.45) is 0 Å². The fraction of sp³-hybridized carbons (Fsp3) is 0.167. The van der Waals surface area contributed by atoms with E-state index in [0.29, 0.717) is 17.0 Å². The molecule has 2 rings (SSSR count). The van der Waals surface area contributed by atoms with E-state index >= 15 is 0 Å². The van der Waals surface area contributed by atoms with E-state index in [9.17, 15) is 4.39 Å². The Labute approximate surface area is 97.3 Å². The van der Waals surface area contributed by atoms with Crippen molar-refractivity contribution in [1.82, 2.24) is 0 Å². The van der Waals surface area contributed by atoms with Crippen molar-refractivity contribution >= 4 is 22.9 Å². The summed E-state index contributed by atoms with van der Waals surface area (Å²) in [4.78, 5) is 0.810. The van der Waals surface area contributed by atoms with E-state index < -0.39 is 0 Å². The van der Waals surface area contributed by atoms with Crippen LogP contribution in [0, 0.1) is 5.82 Å². The first-order chi connectivity index (χ1) is 7.24. The van der Waals surface area contributed by atoms with Crippen molar-refractivity contribution in [1.29, 1.82) is 0 Å². The minimum Gasteiger partial charge on any atom is -0.206 e. The molecular weight excluding hydrogens is 231 g/mol. The molecule has 0 aliphatic heterocycles. The van der Waals surface area contributed by atoms with Gasteiger partial charge in [-0.1, -0.05) is 36.7 Å². The third-order valence-corrected chi connectivity index (χ3v) is 3.70. The van der Waals surface area contributed by atoms with Crippen molar-refractivity contribution in [3.8, 4) is 10.4 Å². The van der Waals surface area contributed by atoms with Gasteiger partial charge in [0.05, 0.1) is 9.90 Å².